The zero-order chi connectivity index (χ0) is 21.9. The number of hydrogen-bond donors (Lipinski definition) is 0. The van der Waals surface area contributed by atoms with Crippen LogP contribution in [0.25, 0.3) is 11.4 Å². The Morgan fingerprint density at radius 3 is 2.17 bits per heavy atom. The summed E-state index contributed by atoms with van der Waals surface area (Å²) in [5, 5.41) is 9.80. The quantitative estimate of drug-likeness (QED) is 0.509. The van der Waals surface area contributed by atoms with Gasteiger partial charge in [-0.3, -0.25) is 4.79 Å². The summed E-state index contributed by atoms with van der Waals surface area (Å²) < 4.78 is 2.15. The molecule has 1 heterocycles. The second-order valence-corrected chi connectivity index (χ2v) is 9.51. The van der Waals surface area contributed by atoms with E-state index >= 15 is 0 Å². The molecule has 1 amide bonds. The lowest BCUT2D eigenvalue weighted by Gasteiger charge is -2.19. The third kappa shape index (κ3) is 4.93. The van der Waals surface area contributed by atoms with Gasteiger partial charge >= 0.3 is 0 Å². The van der Waals surface area contributed by atoms with Crippen LogP contribution in [0, 0.1) is 0 Å². The molecule has 0 unspecified atom stereocenters. The standard InChI is InChI=1S/C24H30N4OS/c1-7-28-21(18-12-14-20(15-13-18)24(2,3)4)25-26-23(28)30-16-17-8-10-19(11-9-17)22(29)27(5)6/h8-15H,7,16H2,1-6H3. The van der Waals surface area contributed by atoms with Crippen LogP contribution >= 0.6 is 11.8 Å². The minimum Gasteiger partial charge on any atom is -0.345 e. The Kier molecular flexibility index (Phi) is 6.66. The van der Waals surface area contributed by atoms with Gasteiger partial charge in [-0.2, -0.15) is 0 Å². The normalized spacial score (nSPS) is 11.5. The molecule has 0 radical (unpaired) electrons. The number of amides is 1. The van der Waals surface area contributed by atoms with Gasteiger partial charge in [0, 0.05) is 37.5 Å². The van der Waals surface area contributed by atoms with E-state index in [4.69, 9.17) is 0 Å². The third-order valence-corrected chi connectivity index (χ3v) is 6.06. The van der Waals surface area contributed by atoms with Crippen LogP contribution in [0.5, 0.6) is 0 Å². The molecule has 0 saturated heterocycles. The predicted octanol–water partition coefficient (Wildman–Crippen LogP) is 5.26. The lowest BCUT2D eigenvalue weighted by atomic mass is 9.87. The van der Waals surface area contributed by atoms with E-state index in [1.807, 2.05) is 24.3 Å². The number of nitrogens with zero attached hydrogens (tertiary/aromatic N) is 4. The van der Waals surface area contributed by atoms with Crippen LogP contribution in [0.2, 0.25) is 0 Å². The second-order valence-electron chi connectivity index (χ2n) is 8.56. The molecule has 30 heavy (non-hydrogen) atoms. The van der Waals surface area contributed by atoms with Crippen molar-refractivity contribution in [1.29, 1.82) is 0 Å². The van der Waals surface area contributed by atoms with Crippen molar-refractivity contribution in [2.24, 2.45) is 0 Å². The molecule has 0 aliphatic heterocycles. The number of hydrogen-bond acceptors (Lipinski definition) is 4. The molecule has 0 spiro atoms. The number of carbonyl (C=O) groups is 1. The Labute approximate surface area is 183 Å². The van der Waals surface area contributed by atoms with Gasteiger partial charge in [0.1, 0.15) is 0 Å². The first-order valence-corrected chi connectivity index (χ1v) is 11.2. The Balaban J connectivity index is 1.74. The van der Waals surface area contributed by atoms with E-state index in [-0.39, 0.29) is 11.3 Å². The van der Waals surface area contributed by atoms with Gasteiger partial charge in [0.2, 0.25) is 0 Å². The molecule has 6 heteroatoms. The summed E-state index contributed by atoms with van der Waals surface area (Å²) in [7, 11) is 3.52. The van der Waals surface area contributed by atoms with Gasteiger partial charge in [0.25, 0.3) is 5.91 Å². The van der Waals surface area contributed by atoms with Gasteiger partial charge in [0.15, 0.2) is 11.0 Å². The molecule has 0 fully saturated rings. The van der Waals surface area contributed by atoms with Crippen molar-refractivity contribution in [2.45, 2.75) is 50.6 Å². The average Bonchev–Trinajstić information content (AvgIpc) is 3.14. The fraction of sp³-hybridized carbons (Fsp3) is 0.375. The smallest absolute Gasteiger partial charge is 0.253 e. The molecular formula is C24H30N4OS. The topological polar surface area (TPSA) is 51.0 Å². The van der Waals surface area contributed by atoms with E-state index in [0.717, 1.165) is 34.4 Å². The molecule has 0 aliphatic carbocycles. The molecule has 0 N–H and O–H groups in total. The van der Waals surface area contributed by atoms with Crippen molar-refractivity contribution in [3.8, 4) is 11.4 Å². The van der Waals surface area contributed by atoms with Gasteiger partial charge in [-0.15, -0.1) is 10.2 Å². The first-order chi connectivity index (χ1) is 14.2. The van der Waals surface area contributed by atoms with E-state index in [1.54, 1.807) is 30.8 Å². The summed E-state index contributed by atoms with van der Waals surface area (Å²) in [4.78, 5) is 13.6. The highest BCUT2D eigenvalue weighted by Crippen LogP contribution is 2.29. The van der Waals surface area contributed by atoms with Crippen molar-refractivity contribution in [3.63, 3.8) is 0 Å². The van der Waals surface area contributed by atoms with Crippen LogP contribution < -0.4 is 0 Å². The minimum atomic E-state index is 0.0158. The van der Waals surface area contributed by atoms with E-state index < -0.39 is 0 Å². The zero-order valence-electron chi connectivity index (χ0n) is 18.6. The Hall–Kier alpha value is -2.60. The molecular weight excluding hydrogens is 392 g/mol. The predicted molar refractivity (Wildman–Crippen MR) is 124 cm³/mol. The van der Waals surface area contributed by atoms with Crippen LogP contribution in [0.4, 0.5) is 0 Å². The maximum atomic E-state index is 12.0. The van der Waals surface area contributed by atoms with Crippen LogP contribution in [-0.2, 0) is 17.7 Å². The van der Waals surface area contributed by atoms with Gasteiger partial charge in [0.05, 0.1) is 0 Å². The second kappa shape index (κ2) is 9.04. The average molecular weight is 423 g/mol. The maximum absolute atomic E-state index is 12.0. The van der Waals surface area contributed by atoms with Gasteiger partial charge in [-0.05, 0) is 35.6 Å². The zero-order valence-corrected chi connectivity index (χ0v) is 19.5. The van der Waals surface area contributed by atoms with Gasteiger partial charge in [-0.1, -0.05) is 68.9 Å². The molecule has 0 saturated carbocycles. The summed E-state index contributed by atoms with van der Waals surface area (Å²) in [5.74, 6) is 1.69. The van der Waals surface area contributed by atoms with E-state index in [1.165, 1.54) is 5.56 Å². The maximum Gasteiger partial charge on any atom is 0.253 e. The minimum absolute atomic E-state index is 0.0158. The van der Waals surface area contributed by atoms with Crippen molar-refractivity contribution in [3.05, 3.63) is 65.2 Å². The highest BCUT2D eigenvalue weighted by Gasteiger charge is 2.16. The summed E-state index contributed by atoms with van der Waals surface area (Å²) in [6.07, 6.45) is 0. The highest BCUT2D eigenvalue weighted by molar-refractivity contribution is 7.98. The summed E-state index contributed by atoms with van der Waals surface area (Å²) in [5.41, 5.74) is 4.36. The lowest BCUT2D eigenvalue weighted by molar-refractivity contribution is 0.0827. The van der Waals surface area contributed by atoms with Crippen molar-refractivity contribution < 1.29 is 4.79 Å². The largest absolute Gasteiger partial charge is 0.345 e. The molecule has 3 rings (SSSR count). The lowest BCUT2D eigenvalue weighted by Crippen LogP contribution is -2.21. The van der Waals surface area contributed by atoms with Gasteiger partial charge in [-0.25, -0.2) is 0 Å². The highest BCUT2D eigenvalue weighted by atomic mass is 32.2. The van der Waals surface area contributed by atoms with E-state index in [9.17, 15) is 4.79 Å². The number of aromatic nitrogens is 3. The van der Waals surface area contributed by atoms with E-state index in [0.29, 0.717) is 5.56 Å². The molecule has 1 aromatic heterocycles. The van der Waals surface area contributed by atoms with Gasteiger partial charge < -0.3 is 9.47 Å². The van der Waals surface area contributed by atoms with Crippen LogP contribution in [-0.4, -0.2) is 39.7 Å². The fourth-order valence-electron chi connectivity index (χ4n) is 3.16. The Morgan fingerprint density at radius 2 is 1.63 bits per heavy atom. The number of thioether (sulfide) groups is 1. The monoisotopic (exact) mass is 422 g/mol. The van der Waals surface area contributed by atoms with Crippen molar-refractivity contribution in [1.82, 2.24) is 19.7 Å². The molecule has 5 nitrogen and oxygen atoms in total. The molecule has 158 valence electrons. The molecule has 0 bridgehead atoms. The van der Waals surface area contributed by atoms with Crippen LogP contribution in [0.3, 0.4) is 0 Å². The van der Waals surface area contributed by atoms with E-state index in [2.05, 4.69) is 66.7 Å². The van der Waals surface area contributed by atoms with Crippen LogP contribution in [0.1, 0.15) is 49.2 Å². The fourth-order valence-corrected chi connectivity index (χ4v) is 4.12. The molecule has 3 aromatic rings. The Bertz CT molecular complexity index is 999. The third-order valence-electron chi connectivity index (χ3n) is 5.02. The molecule has 0 aliphatic rings. The number of rotatable bonds is 6. The molecule has 2 aromatic carbocycles. The Morgan fingerprint density at radius 1 is 1.00 bits per heavy atom. The summed E-state index contributed by atoms with van der Waals surface area (Å²) in [6, 6.07) is 16.4. The molecule has 0 atom stereocenters. The first-order valence-electron chi connectivity index (χ1n) is 10.2. The number of benzene rings is 2. The SMILES string of the molecule is CCn1c(SCc2ccc(C(=O)N(C)C)cc2)nnc1-c1ccc(C(C)(C)C)cc1. The summed E-state index contributed by atoms with van der Waals surface area (Å²) in [6.45, 7) is 9.57. The number of carbonyl (C=O) groups excluding carboxylic acids is 1. The van der Waals surface area contributed by atoms with Crippen LogP contribution in [0.15, 0.2) is 53.7 Å². The van der Waals surface area contributed by atoms with Crippen molar-refractivity contribution in [2.75, 3.05) is 14.1 Å². The van der Waals surface area contributed by atoms with Crippen molar-refractivity contribution >= 4 is 17.7 Å². The first kappa shape index (κ1) is 22.1. The summed E-state index contributed by atoms with van der Waals surface area (Å²) >= 11 is 1.66.